The van der Waals surface area contributed by atoms with Gasteiger partial charge < -0.3 is 14.2 Å². The number of carbonyl (C=O) groups is 3. The van der Waals surface area contributed by atoms with Crippen LogP contribution in [-0.2, 0) is 28.6 Å². The lowest BCUT2D eigenvalue weighted by molar-refractivity contribution is -0.167. The Bertz CT molecular complexity index is 1570. The van der Waals surface area contributed by atoms with Gasteiger partial charge in [0.1, 0.15) is 13.2 Å². The minimum absolute atomic E-state index is 0.0899. The second-order valence-electron chi connectivity index (χ2n) is 24.1. The van der Waals surface area contributed by atoms with Crippen LogP contribution >= 0.6 is 0 Å². The molecule has 0 aromatic heterocycles. The standard InChI is InChI=1S/C77H136O6/c1-4-7-10-13-16-19-22-25-28-31-33-34-35-36-37-38-39-40-41-42-44-46-49-52-55-58-61-64-67-70-76(79)82-73-74(72-81-75(78)69-66-63-60-57-54-51-48-45-30-27-24-21-18-15-12-9-6-3)83-77(80)71-68-65-62-59-56-53-50-47-43-32-29-26-23-20-17-14-11-8-5-2/h9,12,18,21-22,25,27,30-31,33,48,51,57,60,74H,4-8,10-11,13-17,19-20,23-24,26,28-29,32,34-47,49-50,52-56,58-59,61-73H2,1-3H3/b12-9-,21-18-,25-22-,30-27-,33-31-,51-48-,60-57-. The molecule has 0 aromatic rings. The van der Waals surface area contributed by atoms with Crippen LogP contribution in [0.3, 0.4) is 0 Å². The van der Waals surface area contributed by atoms with Gasteiger partial charge in [0.05, 0.1) is 0 Å². The first-order valence-corrected chi connectivity index (χ1v) is 36.1. The highest BCUT2D eigenvalue weighted by molar-refractivity contribution is 5.71. The first-order chi connectivity index (χ1) is 41.0. The van der Waals surface area contributed by atoms with Gasteiger partial charge >= 0.3 is 17.9 Å². The lowest BCUT2D eigenvalue weighted by Crippen LogP contribution is -2.30. The summed E-state index contributed by atoms with van der Waals surface area (Å²) in [6, 6.07) is 0. The van der Waals surface area contributed by atoms with Gasteiger partial charge in [-0.05, 0) is 89.9 Å². The van der Waals surface area contributed by atoms with E-state index in [0.717, 1.165) is 83.5 Å². The fourth-order valence-corrected chi connectivity index (χ4v) is 10.5. The Morgan fingerprint density at radius 1 is 0.253 bits per heavy atom. The molecule has 1 unspecified atom stereocenters. The van der Waals surface area contributed by atoms with Crippen molar-refractivity contribution in [2.45, 2.75) is 374 Å². The van der Waals surface area contributed by atoms with Crippen molar-refractivity contribution in [1.82, 2.24) is 0 Å². The monoisotopic (exact) mass is 1160 g/mol. The largest absolute Gasteiger partial charge is 0.462 e. The number of hydrogen-bond acceptors (Lipinski definition) is 6. The molecular formula is C77H136O6. The number of hydrogen-bond donors (Lipinski definition) is 0. The molecule has 1 atom stereocenters. The van der Waals surface area contributed by atoms with Crippen molar-refractivity contribution in [1.29, 1.82) is 0 Å². The maximum absolute atomic E-state index is 13.0. The van der Waals surface area contributed by atoms with E-state index in [1.54, 1.807) is 0 Å². The Morgan fingerprint density at radius 2 is 0.482 bits per heavy atom. The summed E-state index contributed by atoms with van der Waals surface area (Å²) >= 11 is 0. The fraction of sp³-hybridized carbons (Fsp3) is 0.779. The zero-order valence-electron chi connectivity index (χ0n) is 55.2. The molecular weight excluding hydrogens is 1020 g/mol. The van der Waals surface area contributed by atoms with Crippen molar-refractivity contribution in [2.24, 2.45) is 0 Å². The fourth-order valence-electron chi connectivity index (χ4n) is 10.5. The van der Waals surface area contributed by atoms with Gasteiger partial charge in [-0.15, -0.1) is 0 Å². The lowest BCUT2D eigenvalue weighted by Gasteiger charge is -2.18. The van der Waals surface area contributed by atoms with Gasteiger partial charge in [-0.25, -0.2) is 0 Å². The van der Waals surface area contributed by atoms with Crippen LogP contribution in [0.2, 0.25) is 0 Å². The highest BCUT2D eigenvalue weighted by Gasteiger charge is 2.19. The zero-order chi connectivity index (χ0) is 59.9. The van der Waals surface area contributed by atoms with Gasteiger partial charge in [0.15, 0.2) is 6.10 Å². The lowest BCUT2D eigenvalue weighted by atomic mass is 10.0. The van der Waals surface area contributed by atoms with E-state index in [2.05, 4.69) is 106 Å². The molecule has 0 fully saturated rings. The van der Waals surface area contributed by atoms with Crippen LogP contribution in [0.15, 0.2) is 85.1 Å². The molecule has 0 rings (SSSR count). The first-order valence-electron chi connectivity index (χ1n) is 36.1. The van der Waals surface area contributed by atoms with Crippen LogP contribution in [0, 0.1) is 0 Å². The molecule has 0 spiro atoms. The van der Waals surface area contributed by atoms with E-state index in [0.29, 0.717) is 19.3 Å². The molecule has 83 heavy (non-hydrogen) atoms. The SMILES string of the molecule is CC/C=C\C/C=C\C/C=C\C/C=C\C/C=C\CCCC(=O)OCC(COC(=O)CCCCCCCCCCCCCCCCCCC/C=C\C/C=C\CCCCCCC)OC(=O)CCCCCCCCCCCCCCCCCCCCC. The summed E-state index contributed by atoms with van der Waals surface area (Å²) in [4.78, 5) is 38.4. The molecule has 0 aliphatic rings. The van der Waals surface area contributed by atoms with Crippen LogP contribution in [0.1, 0.15) is 367 Å². The molecule has 0 saturated carbocycles. The Kier molecular flexibility index (Phi) is 68.2. The number of allylic oxidation sites excluding steroid dienone is 14. The smallest absolute Gasteiger partial charge is 0.306 e. The predicted octanol–water partition coefficient (Wildman–Crippen LogP) is 25.0. The minimum Gasteiger partial charge on any atom is -0.462 e. The van der Waals surface area contributed by atoms with Crippen molar-refractivity contribution in [3.63, 3.8) is 0 Å². The summed E-state index contributed by atoms with van der Waals surface area (Å²) in [5.74, 6) is -0.929. The first kappa shape index (κ1) is 79.6. The number of ether oxygens (including phenoxy) is 3. The van der Waals surface area contributed by atoms with Crippen LogP contribution in [-0.4, -0.2) is 37.2 Å². The average molecular weight is 1160 g/mol. The van der Waals surface area contributed by atoms with Crippen LogP contribution in [0.25, 0.3) is 0 Å². The van der Waals surface area contributed by atoms with Crippen LogP contribution < -0.4 is 0 Å². The Labute approximate surface area is 515 Å². The molecule has 0 aliphatic heterocycles. The molecule has 480 valence electrons. The van der Waals surface area contributed by atoms with E-state index >= 15 is 0 Å². The maximum Gasteiger partial charge on any atom is 0.306 e. The second-order valence-corrected chi connectivity index (χ2v) is 24.1. The third-order valence-electron chi connectivity index (χ3n) is 15.9. The van der Waals surface area contributed by atoms with Crippen molar-refractivity contribution in [3.8, 4) is 0 Å². The Hall–Kier alpha value is -3.41. The summed E-state index contributed by atoms with van der Waals surface area (Å²) < 4.78 is 17.0. The third-order valence-corrected chi connectivity index (χ3v) is 15.9. The molecule has 0 bridgehead atoms. The summed E-state index contributed by atoms with van der Waals surface area (Å²) in [5.41, 5.74) is 0. The predicted molar refractivity (Wildman–Crippen MR) is 362 cm³/mol. The number of unbranched alkanes of at least 4 members (excludes halogenated alkanes) is 41. The van der Waals surface area contributed by atoms with Crippen molar-refractivity contribution in [3.05, 3.63) is 85.1 Å². The second kappa shape index (κ2) is 71.1. The van der Waals surface area contributed by atoms with Crippen LogP contribution in [0.5, 0.6) is 0 Å². The van der Waals surface area contributed by atoms with Gasteiger partial charge in [0.2, 0.25) is 0 Å². The maximum atomic E-state index is 13.0. The average Bonchev–Trinajstić information content (AvgIpc) is 3.50. The molecule has 6 heteroatoms. The number of rotatable bonds is 66. The molecule has 6 nitrogen and oxygen atoms in total. The van der Waals surface area contributed by atoms with E-state index < -0.39 is 6.10 Å². The van der Waals surface area contributed by atoms with Gasteiger partial charge in [-0.1, -0.05) is 343 Å². The molecule has 0 N–H and O–H groups in total. The minimum atomic E-state index is -0.799. The highest BCUT2D eigenvalue weighted by Crippen LogP contribution is 2.18. The topological polar surface area (TPSA) is 78.9 Å². The third kappa shape index (κ3) is 69.3. The number of carbonyl (C=O) groups excluding carboxylic acids is 3. The van der Waals surface area contributed by atoms with Gasteiger partial charge in [0, 0.05) is 19.3 Å². The van der Waals surface area contributed by atoms with Gasteiger partial charge in [-0.3, -0.25) is 14.4 Å². The molecule has 0 radical (unpaired) electrons. The molecule has 0 amide bonds. The van der Waals surface area contributed by atoms with E-state index in [9.17, 15) is 14.4 Å². The van der Waals surface area contributed by atoms with Crippen molar-refractivity contribution in [2.75, 3.05) is 13.2 Å². The number of esters is 3. The Morgan fingerprint density at radius 3 is 0.783 bits per heavy atom. The Balaban J connectivity index is 4.30. The highest BCUT2D eigenvalue weighted by atomic mass is 16.6. The molecule has 0 heterocycles. The molecule has 0 aliphatic carbocycles. The van der Waals surface area contributed by atoms with Gasteiger partial charge in [-0.2, -0.15) is 0 Å². The van der Waals surface area contributed by atoms with E-state index in [4.69, 9.17) is 14.2 Å². The molecule has 0 aromatic carbocycles. The van der Waals surface area contributed by atoms with E-state index in [1.807, 2.05) is 0 Å². The van der Waals surface area contributed by atoms with Gasteiger partial charge in [0.25, 0.3) is 0 Å². The quantitative estimate of drug-likeness (QED) is 0.0261. The normalized spacial score (nSPS) is 12.6. The molecule has 0 saturated heterocycles. The van der Waals surface area contributed by atoms with Crippen molar-refractivity contribution >= 4 is 17.9 Å². The zero-order valence-corrected chi connectivity index (χ0v) is 55.2. The van der Waals surface area contributed by atoms with E-state index in [-0.39, 0.29) is 37.5 Å². The summed E-state index contributed by atoms with van der Waals surface area (Å²) in [6.07, 6.45) is 94.8. The summed E-state index contributed by atoms with van der Waals surface area (Å²) in [7, 11) is 0. The summed E-state index contributed by atoms with van der Waals surface area (Å²) in [5, 5.41) is 0. The van der Waals surface area contributed by atoms with Crippen LogP contribution in [0.4, 0.5) is 0 Å². The van der Waals surface area contributed by atoms with Crippen molar-refractivity contribution < 1.29 is 28.6 Å². The van der Waals surface area contributed by atoms with E-state index in [1.165, 1.54) is 238 Å². The summed E-state index contributed by atoms with van der Waals surface area (Å²) in [6.45, 7) is 6.53.